The number of carbonyl (C=O) groups is 1. The minimum Gasteiger partial charge on any atom is -0.497 e. The van der Waals surface area contributed by atoms with E-state index in [2.05, 4.69) is 21.4 Å². The van der Waals surface area contributed by atoms with Crippen LogP contribution in [0.2, 0.25) is 0 Å². The second-order valence-corrected chi connectivity index (χ2v) is 7.08. The fraction of sp³-hybridized carbons (Fsp3) is 0.300. The van der Waals surface area contributed by atoms with Gasteiger partial charge in [0.15, 0.2) is 5.76 Å². The zero-order valence-electron chi connectivity index (χ0n) is 15.6. The lowest BCUT2D eigenvalue weighted by atomic mass is 9.79. The number of aliphatic imine (C=N–C) groups is 2. The van der Waals surface area contributed by atoms with Gasteiger partial charge in [-0.2, -0.15) is 5.26 Å². The van der Waals surface area contributed by atoms with Crippen molar-refractivity contribution in [2.24, 2.45) is 27.6 Å². The highest BCUT2D eigenvalue weighted by Crippen LogP contribution is 2.45. The van der Waals surface area contributed by atoms with E-state index >= 15 is 0 Å². The SMILES string of the molecule is C[C@]1(c2cc(NC(=O)C3=NCC(C#N)C=C3)ccc2F)N=C(N)OC2=COCC21. The zero-order valence-corrected chi connectivity index (χ0v) is 15.6. The monoisotopic (exact) mass is 395 g/mol. The van der Waals surface area contributed by atoms with Crippen molar-refractivity contribution in [3.05, 3.63) is 53.8 Å². The van der Waals surface area contributed by atoms with Crippen LogP contribution in [-0.4, -0.2) is 30.8 Å². The van der Waals surface area contributed by atoms with Crippen LogP contribution in [0.3, 0.4) is 0 Å². The Morgan fingerprint density at radius 2 is 2.31 bits per heavy atom. The first kappa shape index (κ1) is 18.7. The molecule has 2 unspecified atom stereocenters. The van der Waals surface area contributed by atoms with Crippen LogP contribution in [0.4, 0.5) is 10.1 Å². The number of ether oxygens (including phenoxy) is 2. The highest BCUT2D eigenvalue weighted by atomic mass is 19.1. The molecule has 8 nitrogen and oxygen atoms in total. The number of amides is 1. The number of dihydropyridines is 1. The van der Waals surface area contributed by atoms with E-state index in [-0.39, 0.29) is 42.3 Å². The summed E-state index contributed by atoms with van der Waals surface area (Å²) in [6.07, 6.45) is 4.59. The molecule has 29 heavy (non-hydrogen) atoms. The molecule has 0 aliphatic carbocycles. The molecule has 3 atom stereocenters. The summed E-state index contributed by atoms with van der Waals surface area (Å²) in [5.41, 5.74) is 5.58. The van der Waals surface area contributed by atoms with Crippen LogP contribution in [0, 0.1) is 29.0 Å². The quantitative estimate of drug-likeness (QED) is 0.810. The lowest BCUT2D eigenvalue weighted by molar-refractivity contribution is -0.110. The number of anilines is 1. The number of carbonyl (C=O) groups excluding carboxylic acids is 1. The summed E-state index contributed by atoms with van der Waals surface area (Å²) in [7, 11) is 0. The van der Waals surface area contributed by atoms with Gasteiger partial charge < -0.3 is 20.5 Å². The summed E-state index contributed by atoms with van der Waals surface area (Å²) in [6.45, 7) is 2.25. The first-order chi connectivity index (χ1) is 13.9. The van der Waals surface area contributed by atoms with Crippen LogP contribution < -0.4 is 11.1 Å². The molecule has 1 aromatic rings. The molecule has 4 rings (SSSR count). The van der Waals surface area contributed by atoms with Gasteiger partial charge in [-0.15, -0.1) is 0 Å². The van der Waals surface area contributed by atoms with Gasteiger partial charge in [-0.25, -0.2) is 9.38 Å². The minimum absolute atomic E-state index is 0.0805. The van der Waals surface area contributed by atoms with E-state index in [1.165, 1.54) is 30.5 Å². The molecule has 1 amide bonds. The van der Waals surface area contributed by atoms with Gasteiger partial charge in [0.2, 0.25) is 0 Å². The average Bonchev–Trinajstić information content (AvgIpc) is 3.18. The van der Waals surface area contributed by atoms with Crippen molar-refractivity contribution in [3.63, 3.8) is 0 Å². The molecule has 0 spiro atoms. The number of hydrogen-bond donors (Lipinski definition) is 2. The van der Waals surface area contributed by atoms with Gasteiger partial charge in [-0.3, -0.25) is 9.79 Å². The maximum Gasteiger partial charge on any atom is 0.288 e. The fourth-order valence-corrected chi connectivity index (χ4v) is 3.56. The Hall–Kier alpha value is -3.67. The van der Waals surface area contributed by atoms with Gasteiger partial charge in [0.05, 0.1) is 24.4 Å². The first-order valence-corrected chi connectivity index (χ1v) is 8.99. The van der Waals surface area contributed by atoms with Crippen molar-refractivity contribution < 1.29 is 18.7 Å². The third-order valence-electron chi connectivity index (χ3n) is 5.16. The van der Waals surface area contributed by atoms with Crippen LogP contribution in [-0.2, 0) is 19.8 Å². The van der Waals surface area contributed by atoms with Crippen LogP contribution in [0.25, 0.3) is 0 Å². The minimum atomic E-state index is -1.06. The number of halogens is 1. The second kappa shape index (κ2) is 7.05. The summed E-state index contributed by atoms with van der Waals surface area (Å²) in [4.78, 5) is 20.9. The molecule has 0 fully saturated rings. The summed E-state index contributed by atoms with van der Waals surface area (Å²) in [5.74, 6) is -1.12. The van der Waals surface area contributed by atoms with Crippen molar-refractivity contribution >= 4 is 23.3 Å². The zero-order chi connectivity index (χ0) is 20.6. The van der Waals surface area contributed by atoms with Crippen molar-refractivity contribution in [3.8, 4) is 6.07 Å². The van der Waals surface area contributed by atoms with Crippen LogP contribution in [0.1, 0.15) is 12.5 Å². The molecule has 9 heteroatoms. The third kappa shape index (κ3) is 3.33. The predicted octanol–water partition coefficient (Wildman–Crippen LogP) is 1.96. The first-order valence-electron chi connectivity index (χ1n) is 8.99. The number of rotatable bonds is 3. The molecule has 3 N–H and O–H groups in total. The number of fused-ring (bicyclic) bond motifs is 1. The predicted molar refractivity (Wildman–Crippen MR) is 103 cm³/mol. The molecule has 0 radical (unpaired) electrons. The van der Waals surface area contributed by atoms with Gasteiger partial charge in [0.1, 0.15) is 29.9 Å². The van der Waals surface area contributed by atoms with E-state index in [4.69, 9.17) is 20.5 Å². The van der Waals surface area contributed by atoms with Crippen LogP contribution in [0.5, 0.6) is 0 Å². The molecule has 0 aromatic heterocycles. The third-order valence-corrected chi connectivity index (χ3v) is 5.16. The highest BCUT2D eigenvalue weighted by molar-refractivity contribution is 6.47. The van der Waals surface area contributed by atoms with Gasteiger partial charge in [-0.1, -0.05) is 6.08 Å². The van der Waals surface area contributed by atoms with Gasteiger partial charge in [0.25, 0.3) is 11.9 Å². The van der Waals surface area contributed by atoms with E-state index < -0.39 is 17.3 Å². The fourth-order valence-electron chi connectivity index (χ4n) is 3.56. The second-order valence-electron chi connectivity index (χ2n) is 7.08. The number of benzene rings is 1. The molecule has 1 aromatic carbocycles. The Labute approximate surface area is 166 Å². The molecule has 3 aliphatic heterocycles. The molecule has 3 aliphatic rings. The van der Waals surface area contributed by atoms with Gasteiger partial charge >= 0.3 is 0 Å². The standard InChI is InChI=1S/C20H18FN5O3/c1-20(14-9-28-10-17(14)29-19(23)26-20)13-6-12(3-4-15(13)21)25-18(27)16-5-2-11(7-22)8-24-16/h2-6,10-11,14H,8-9H2,1H3,(H2,23,26)(H,25,27)/t11?,14?,20-/m1/s1. The Kier molecular flexibility index (Phi) is 4.54. The normalized spacial score (nSPS) is 27.4. The lowest BCUT2D eigenvalue weighted by Gasteiger charge is -2.36. The summed E-state index contributed by atoms with van der Waals surface area (Å²) in [6, 6.07) is 6.24. The van der Waals surface area contributed by atoms with Crippen molar-refractivity contribution in [1.82, 2.24) is 0 Å². The summed E-state index contributed by atoms with van der Waals surface area (Å²) >= 11 is 0. The number of hydrogen-bond acceptors (Lipinski definition) is 7. The van der Waals surface area contributed by atoms with Crippen LogP contribution in [0.15, 0.2) is 52.4 Å². The summed E-state index contributed by atoms with van der Waals surface area (Å²) in [5, 5.41) is 11.6. The maximum absolute atomic E-state index is 14.8. The molecular formula is C20H18FN5O3. The Bertz CT molecular complexity index is 1040. The van der Waals surface area contributed by atoms with E-state index in [1.807, 2.05) is 0 Å². The van der Waals surface area contributed by atoms with Gasteiger partial charge in [-0.05, 0) is 31.2 Å². The highest BCUT2D eigenvalue weighted by Gasteiger charge is 2.47. The molecule has 148 valence electrons. The van der Waals surface area contributed by atoms with E-state index in [0.29, 0.717) is 11.4 Å². The summed E-state index contributed by atoms with van der Waals surface area (Å²) < 4.78 is 25.5. The average molecular weight is 395 g/mol. The lowest BCUT2D eigenvalue weighted by Crippen LogP contribution is -2.41. The molecule has 3 heterocycles. The van der Waals surface area contributed by atoms with E-state index in [1.54, 1.807) is 13.0 Å². The number of nitriles is 1. The van der Waals surface area contributed by atoms with E-state index in [0.717, 1.165) is 0 Å². The molecule has 0 saturated heterocycles. The number of nitrogens with one attached hydrogen (secondary N) is 1. The molecule has 0 bridgehead atoms. The number of nitrogens with two attached hydrogens (primary N) is 1. The van der Waals surface area contributed by atoms with Crippen LogP contribution >= 0.6 is 0 Å². The van der Waals surface area contributed by atoms with Crippen molar-refractivity contribution in [2.75, 3.05) is 18.5 Å². The van der Waals surface area contributed by atoms with Crippen molar-refractivity contribution in [1.29, 1.82) is 5.26 Å². The Balaban J connectivity index is 1.62. The Morgan fingerprint density at radius 1 is 1.48 bits per heavy atom. The van der Waals surface area contributed by atoms with E-state index in [9.17, 15) is 9.18 Å². The largest absolute Gasteiger partial charge is 0.497 e. The number of nitrogens with zero attached hydrogens (tertiary/aromatic N) is 3. The smallest absolute Gasteiger partial charge is 0.288 e. The molecule has 0 saturated carbocycles. The van der Waals surface area contributed by atoms with Gasteiger partial charge in [0, 0.05) is 11.3 Å². The Morgan fingerprint density at radius 3 is 3.03 bits per heavy atom. The van der Waals surface area contributed by atoms with Crippen molar-refractivity contribution in [2.45, 2.75) is 12.5 Å². The maximum atomic E-state index is 14.8. The molecular weight excluding hydrogens is 377 g/mol. The topological polar surface area (TPSA) is 122 Å². The number of amidine groups is 1.